The number of nitrogens with zero attached hydrogens (tertiary/aromatic N) is 1. The van der Waals surface area contributed by atoms with Crippen LogP contribution in [0.2, 0.25) is 0 Å². The van der Waals surface area contributed by atoms with Crippen molar-refractivity contribution in [3.8, 4) is 34.5 Å². The van der Waals surface area contributed by atoms with Crippen molar-refractivity contribution in [3.05, 3.63) is 71.3 Å². The van der Waals surface area contributed by atoms with E-state index in [1.807, 2.05) is 0 Å². The van der Waals surface area contributed by atoms with Gasteiger partial charge in [0.05, 0.1) is 39.5 Å². The lowest BCUT2D eigenvalue weighted by Gasteiger charge is -2.10. The van der Waals surface area contributed by atoms with Crippen LogP contribution in [0, 0.1) is 0 Å². The van der Waals surface area contributed by atoms with Crippen molar-refractivity contribution in [2.75, 3.05) is 28.1 Å². The molecule has 0 aliphatic carbocycles. The van der Waals surface area contributed by atoms with Crippen LogP contribution in [0.15, 0.2) is 59.7 Å². The standard InChI is InChI=1S/C26H24N2O8/c1-31-19-7-4-16(10-22(19)32-2)12-25(29)28-27-14-17-5-8-21(23(11-17)33-3)36-26(30)18-6-9-20-24(13-18)35-15-34-20/h4-11,13-14H,12,15H2,1-3H3,(H,28,29)/b27-14+. The van der Waals surface area contributed by atoms with Gasteiger partial charge in [0.15, 0.2) is 34.5 Å². The number of hydrazone groups is 1. The van der Waals surface area contributed by atoms with Crippen LogP contribution in [0.5, 0.6) is 34.5 Å². The molecule has 186 valence electrons. The first kappa shape index (κ1) is 24.4. The van der Waals surface area contributed by atoms with Crippen LogP contribution in [-0.4, -0.2) is 46.2 Å². The predicted molar refractivity (Wildman–Crippen MR) is 130 cm³/mol. The van der Waals surface area contributed by atoms with Crippen molar-refractivity contribution < 1.29 is 38.0 Å². The molecule has 0 bridgehead atoms. The zero-order valence-corrected chi connectivity index (χ0v) is 19.9. The molecule has 4 rings (SSSR count). The summed E-state index contributed by atoms with van der Waals surface area (Å²) in [5.41, 5.74) is 4.16. The van der Waals surface area contributed by atoms with E-state index in [-0.39, 0.29) is 24.9 Å². The smallest absolute Gasteiger partial charge is 0.343 e. The van der Waals surface area contributed by atoms with Crippen LogP contribution in [0.1, 0.15) is 21.5 Å². The van der Waals surface area contributed by atoms with Gasteiger partial charge in [0.2, 0.25) is 12.7 Å². The number of nitrogens with one attached hydrogen (secondary N) is 1. The van der Waals surface area contributed by atoms with E-state index < -0.39 is 5.97 Å². The Morgan fingerprint density at radius 1 is 0.861 bits per heavy atom. The van der Waals surface area contributed by atoms with Crippen LogP contribution in [0.25, 0.3) is 0 Å². The van der Waals surface area contributed by atoms with Crippen LogP contribution in [0.4, 0.5) is 0 Å². The van der Waals surface area contributed by atoms with E-state index in [2.05, 4.69) is 10.5 Å². The highest BCUT2D eigenvalue weighted by molar-refractivity contribution is 5.92. The second-order valence-corrected chi connectivity index (χ2v) is 7.53. The molecule has 1 N–H and O–H groups in total. The molecule has 36 heavy (non-hydrogen) atoms. The highest BCUT2D eigenvalue weighted by Gasteiger charge is 2.18. The average Bonchev–Trinajstić information content (AvgIpc) is 3.37. The van der Waals surface area contributed by atoms with Crippen molar-refractivity contribution in [2.24, 2.45) is 5.10 Å². The Labute approximate surface area is 207 Å². The second kappa shape index (κ2) is 11.1. The number of ether oxygens (including phenoxy) is 6. The molecule has 0 saturated carbocycles. The van der Waals surface area contributed by atoms with Gasteiger partial charge in [-0.05, 0) is 59.7 Å². The molecule has 0 spiro atoms. The maximum absolute atomic E-state index is 12.6. The maximum atomic E-state index is 12.6. The summed E-state index contributed by atoms with van der Waals surface area (Å²) in [6.07, 6.45) is 1.56. The topological polar surface area (TPSA) is 114 Å². The summed E-state index contributed by atoms with van der Waals surface area (Å²) in [5, 5.41) is 3.99. The first-order valence-corrected chi connectivity index (χ1v) is 10.8. The van der Waals surface area contributed by atoms with E-state index in [0.29, 0.717) is 39.9 Å². The minimum absolute atomic E-state index is 0.107. The summed E-state index contributed by atoms with van der Waals surface area (Å²) in [6.45, 7) is 0.112. The number of fused-ring (bicyclic) bond motifs is 1. The lowest BCUT2D eigenvalue weighted by Crippen LogP contribution is -2.19. The fourth-order valence-corrected chi connectivity index (χ4v) is 3.43. The largest absolute Gasteiger partial charge is 0.493 e. The van der Waals surface area contributed by atoms with Gasteiger partial charge in [-0.1, -0.05) is 6.07 Å². The number of hydrogen-bond acceptors (Lipinski definition) is 9. The normalized spacial score (nSPS) is 11.8. The number of esters is 1. The number of carbonyl (C=O) groups excluding carboxylic acids is 2. The van der Waals surface area contributed by atoms with Crippen LogP contribution in [-0.2, 0) is 11.2 Å². The van der Waals surface area contributed by atoms with E-state index in [0.717, 1.165) is 5.56 Å². The third kappa shape index (κ3) is 5.66. The predicted octanol–water partition coefficient (Wildman–Crippen LogP) is 3.35. The van der Waals surface area contributed by atoms with Crippen molar-refractivity contribution in [3.63, 3.8) is 0 Å². The minimum Gasteiger partial charge on any atom is -0.493 e. The number of carbonyl (C=O) groups is 2. The Kier molecular flexibility index (Phi) is 7.54. The van der Waals surface area contributed by atoms with Gasteiger partial charge >= 0.3 is 5.97 Å². The molecule has 0 unspecified atom stereocenters. The Morgan fingerprint density at radius 3 is 2.36 bits per heavy atom. The van der Waals surface area contributed by atoms with Crippen molar-refractivity contribution in [1.82, 2.24) is 5.43 Å². The van der Waals surface area contributed by atoms with Gasteiger partial charge in [-0.15, -0.1) is 0 Å². The highest BCUT2D eigenvalue weighted by atomic mass is 16.7. The van der Waals surface area contributed by atoms with E-state index >= 15 is 0 Å². The summed E-state index contributed by atoms with van der Waals surface area (Å²) in [5.74, 6) is 1.85. The minimum atomic E-state index is -0.574. The van der Waals surface area contributed by atoms with Crippen molar-refractivity contribution >= 4 is 18.1 Å². The SMILES string of the molecule is COc1ccc(CC(=O)N/N=C/c2ccc(OC(=O)c3ccc4c(c3)OCO4)c(OC)c2)cc1OC. The van der Waals surface area contributed by atoms with E-state index in [1.54, 1.807) is 61.7 Å². The molecule has 1 aliphatic heterocycles. The summed E-state index contributed by atoms with van der Waals surface area (Å²) in [4.78, 5) is 24.8. The molecule has 0 radical (unpaired) electrons. The Hall–Kier alpha value is -4.73. The van der Waals surface area contributed by atoms with E-state index in [1.165, 1.54) is 20.4 Å². The molecule has 10 heteroatoms. The number of benzene rings is 3. The summed E-state index contributed by atoms with van der Waals surface area (Å²) < 4.78 is 31.8. The molecule has 0 atom stereocenters. The number of methoxy groups -OCH3 is 3. The molecular weight excluding hydrogens is 468 g/mol. The molecule has 0 saturated heterocycles. The van der Waals surface area contributed by atoms with Gasteiger partial charge in [0.1, 0.15) is 0 Å². The first-order valence-electron chi connectivity index (χ1n) is 10.8. The van der Waals surface area contributed by atoms with Gasteiger partial charge in [-0.3, -0.25) is 4.79 Å². The molecule has 10 nitrogen and oxygen atoms in total. The molecule has 0 fully saturated rings. The summed E-state index contributed by atoms with van der Waals surface area (Å²) in [7, 11) is 4.53. The molecule has 0 aromatic heterocycles. The molecule has 1 heterocycles. The third-order valence-corrected chi connectivity index (χ3v) is 5.21. The summed E-state index contributed by atoms with van der Waals surface area (Å²) >= 11 is 0. The number of amides is 1. The number of hydrogen-bond donors (Lipinski definition) is 1. The fraction of sp³-hybridized carbons (Fsp3) is 0.192. The zero-order valence-electron chi connectivity index (χ0n) is 19.9. The maximum Gasteiger partial charge on any atom is 0.343 e. The Balaban J connectivity index is 1.36. The fourth-order valence-electron chi connectivity index (χ4n) is 3.43. The lowest BCUT2D eigenvalue weighted by molar-refractivity contribution is -0.120. The second-order valence-electron chi connectivity index (χ2n) is 7.53. The van der Waals surface area contributed by atoms with Crippen molar-refractivity contribution in [1.29, 1.82) is 0 Å². The van der Waals surface area contributed by atoms with Crippen LogP contribution < -0.4 is 33.8 Å². The highest BCUT2D eigenvalue weighted by Crippen LogP contribution is 2.34. The van der Waals surface area contributed by atoms with Crippen LogP contribution >= 0.6 is 0 Å². The lowest BCUT2D eigenvalue weighted by atomic mass is 10.1. The molecule has 1 aliphatic rings. The third-order valence-electron chi connectivity index (χ3n) is 5.21. The number of rotatable bonds is 9. The monoisotopic (exact) mass is 492 g/mol. The van der Waals surface area contributed by atoms with E-state index in [4.69, 9.17) is 28.4 Å². The summed E-state index contributed by atoms with van der Waals surface area (Å²) in [6, 6.07) is 14.9. The van der Waals surface area contributed by atoms with Gasteiger partial charge in [-0.2, -0.15) is 5.10 Å². The molecule has 3 aromatic rings. The Morgan fingerprint density at radius 2 is 1.58 bits per heavy atom. The average molecular weight is 492 g/mol. The van der Waals surface area contributed by atoms with Gasteiger partial charge in [0.25, 0.3) is 0 Å². The molecule has 1 amide bonds. The van der Waals surface area contributed by atoms with Crippen LogP contribution in [0.3, 0.4) is 0 Å². The van der Waals surface area contributed by atoms with Gasteiger partial charge in [0, 0.05) is 0 Å². The van der Waals surface area contributed by atoms with Gasteiger partial charge < -0.3 is 28.4 Å². The zero-order chi connectivity index (χ0) is 25.5. The van der Waals surface area contributed by atoms with Gasteiger partial charge in [-0.25, -0.2) is 10.2 Å². The first-order chi connectivity index (χ1) is 17.5. The van der Waals surface area contributed by atoms with E-state index in [9.17, 15) is 9.59 Å². The quantitative estimate of drug-likeness (QED) is 0.209. The van der Waals surface area contributed by atoms with Crippen molar-refractivity contribution in [2.45, 2.75) is 6.42 Å². The molecular formula is C26H24N2O8. The molecule has 3 aromatic carbocycles. The Bertz CT molecular complexity index is 1310.